The van der Waals surface area contributed by atoms with E-state index in [0.717, 1.165) is 21.8 Å². The minimum Gasteiger partial charge on any atom is -0.383 e. The molecule has 0 saturated carbocycles. The van der Waals surface area contributed by atoms with Crippen LogP contribution in [0.25, 0.3) is 0 Å². The molecule has 0 amide bonds. The second-order valence-corrected chi connectivity index (χ2v) is 3.28. The molecule has 2 nitrogen and oxygen atoms in total. The molecule has 2 N–H and O–H groups in total. The summed E-state index contributed by atoms with van der Waals surface area (Å²) < 4.78 is 0. The minimum absolute atomic E-state index is 0.603. The number of nitrogens with zero attached hydrogens (tertiary/aromatic N) is 1. The van der Waals surface area contributed by atoms with Crippen molar-refractivity contribution in [2.45, 2.75) is 10.7 Å². The number of alkyl halides is 2. The zero-order chi connectivity index (χ0) is 8.27. The first-order chi connectivity index (χ1) is 5.27. The Bertz CT molecular complexity index is 250. The summed E-state index contributed by atoms with van der Waals surface area (Å²) in [6.07, 6.45) is 1.77. The predicted octanol–water partition coefficient (Wildman–Crippen LogP) is 2.45. The van der Waals surface area contributed by atoms with Gasteiger partial charge >= 0.3 is 0 Å². The molecule has 1 aromatic rings. The topological polar surface area (TPSA) is 38.9 Å². The van der Waals surface area contributed by atoms with Crippen molar-refractivity contribution < 1.29 is 0 Å². The fourth-order valence-corrected chi connectivity index (χ4v) is 1.51. The van der Waals surface area contributed by atoms with Gasteiger partial charge in [0.05, 0.1) is 0 Å². The first kappa shape index (κ1) is 9.00. The van der Waals surface area contributed by atoms with Crippen molar-refractivity contribution >= 4 is 37.7 Å². The van der Waals surface area contributed by atoms with E-state index in [4.69, 9.17) is 5.73 Å². The van der Waals surface area contributed by atoms with E-state index in [0.29, 0.717) is 5.82 Å². The molecule has 0 saturated heterocycles. The Morgan fingerprint density at radius 3 is 2.64 bits per heavy atom. The molecule has 0 aliphatic heterocycles. The van der Waals surface area contributed by atoms with E-state index >= 15 is 0 Å². The van der Waals surface area contributed by atoms with Gasteiger partial charge in [0.25, 0.3) is 0 Å². The lowest BCUT2D eigenvalue weighted by Crippen LogP contribution is -1.96. The summed E-state index contributed by atoms with van der Waals surface area (Å²) >= 11 is 6.69. The first-order valence-electron chi connectivity index (χ1n) is 3.13. The van der Waals surface area contributed by atoms with Crippen LogP contribution in [0.2, 0.25) is 0 Å². The molecule has 0 atom stereocenters. The van der Waals surface area contributed by atoms with Crippen LogP contribution in [0.4, 0.5) is 5.82 Å². The molecule has 1 aromatic heterocycles. The second kappa shape index (κ2) is 4.07. The summed E-state index contributed by atoms with van der Waals surface area (Å²) in [5.41, 5.74) is 7.79. The summed E-state index contributed by atoms with van der Waals surface area (Å²) in [5.74, 6) is 0.603. The number of rotatable bonds is 2. The highest BCUT2D eigenvalue weighted by Gasteiger charge is 1.99. The monoisotopic (exact) mass is 278 g/mol. The fourth-order valence-electron chi connectivity index (χ4n) is 0.750. The molecule has 0 aliphatic carbocycles. The highest BCUT2D eigenvalue weighted by molar-refractivity contribution is 9.08. The highest BCUT2D eigenvalue weighted by atomic mass is 79.9. The first-order valence-corrected chi connectivity index (χ1v) is 5.37. The standard InChI is InChI=1S/C7H8Br2N2/c8-2-5-1-6(3-9)7(10)11-4-5/h1,4H,2-3H2,(H2,10,11). The van der Waals surface area contributed by atoms with Crippen LogP contribution in [0.15, 0.2) is 12.3 Å². The number of halogens is 2. The molecule has 4 heteroatoms. The number of nitrogens with two attached hydrogens (primary N) is 1. The number of pyridine rings is 1. The molecule has 0 radical (unpaired) electrons. The maximum atomic E-state index is 5.60. The lowest BCUT2D eigenvalue weighted by molar-refractivity contribution is 1.21. The molecule has 1 heterocycles. The van der Waals surface area contributed by atoms with Gasteiger partial charge in [0.2, 0.25) is 0 Å². The molecule has 0 aliphatic rings. The predicted molar refractivity (Wildman–Crippen MR) is 53.9 cm³/mol. The smallest absolute Gasteiger partial charge is 0.127 e. The highest BCUT2D eigenvalue weighted by Crippen LogP contribution is 2.15. The molecule has 11 heavy (non-hydrogen) atoms. The number of anilines is 1. The summed E-state index contributed by atoms with van der Waals surface area (Å²) in [7, 11) is 0. The van der Waals surface area contributed by atoms with Crippen LogP contribution in [0.1, 0.15) is 11.1 Å². The van der Waals surface area contributed by atoms with Crippen LogP contribution in [0, 0.1) is 0 Å². The van der Waals surface area contributed by atoms with Crippen molar-refractivity contribution in [1.29, 1.82) is 0 Å². The van der Waals surface area contributed by atoms with Gasteiger partial charge in [-0.25, -0.2) is 4.98 Å². The molecule has 0 fully saturated rings. The molecule has 0 unspecified atom stereocenters. The number of nitrogen functional groups attached to an aromatic ring is 1. The summed E-state index contributed by atoms with van der Waals surface area (Å²) in [5, 5.41) is 1.58. The van der Waals surface area contributed by atoms with E-state index in [1.807, 2.05) is 6.07 Å². The van der Waals surface area contributed by atoms with E-state index in [1.54, 1.807) is 6.20 Å². The van der Waals surface area contributed by atoms with Gasteiger partial charge in [-0.3, -0.25) is 0 Å². The maximum Gasteiger partial charge on any atom is 0.127 e. The average molecular weight is 280 g/mol. The third kappa shape index (κ3) is 2.17. The largest absolute Gasteiger partial charge is 0.383 e. The Morgan fingerprint density at radius 1 is 1.36 bits per heavy atom. The van der Waals surface area contributed by atoms with Crippen LogP contribution < -0.4 is 5.73 Å². The molecule has 0 bridgehead atoms. The van der Waals surface area contributed by atoms with E-state index in [1.165, 1.54) is 0 Å². The van der Waals surface area contributed by atoms with Gasteiger partial charge in [0.15, 0.2) is 0 Å². The SMILES string of the molecule is Nc1ncc(CBr)cc1CBr. The van der Waals surface area contributed by atoms with Crippen molar-refractivity contribution in [2.24, 2.45) is 0 Å². The zero-order valence-electron chi connectivity index (χ0n) is 5.85. The zero-order valence-corrected chi connectivity index (χ0v) is 9.02. The third-order valence-electron chi connectivity index (χ3n) is 1.36. The van der Waals surface area contributed by atoms with Crippen molar-refractivity contribution in [3.05, 3.63) is 23.4 Å². The fraction of sp³-hybridized carbons (Fsp3) is 0.286. The normalized spacial score (nSPS) is 10.0. The number of aromatic nitrogens is 1. The van der Waals surface area contributed by atoms with Crippen LogP contribution >= 0.6 is 31.9 Å². The van der Waals surface area contributed by atoms with E-state index in [-0.39, 0.29) is 0 Å². The lowest BCUT2D eigenvalue weighted by atomic mass is 10.2. The lowest BCUT2D eigenvalue weighted by Gasteiger charge is -2.01. The Morgan fingerprint density at radius 2 is 2.09 bits per heavy atom. The molecule has 0 aromatic carbocycles. The average Bonchev–Trinajstić information content (AvgIpc) is 2.05. The third-order valence-corrected chi connectivity index (χ3v) is 2.61. The Balaban J connectivity index is 3.02. The van der Waals surface area contributed by atoms with Gasteiger partial charge in [-0.2, -0.15) is 0 Å². The maximum absolute atomic E-state index is 5.60. The number of hydrogen-bond acceptors (Lipinski definition) is 2. The van der Waals surface area contributed by atoms with Gasteiger partial charge in [-0.1, -0.05) is 31.9 Å². The molecular formula is C7H8Br2N2. The second-order valence-electron chi connectivity index (χ2n) is 2.16. The Hall–Kier alpha value is -0.0900. The Labute approximate surface area is 82.5 Å². The van der Waals surface area contributed by atoms with Crippen LogP contribution in [-0.4, -0.2) is 4.98 Å². The van der Waals surface area contributed by atoms with E-state index in [2.05, 4.69) is 36.8 Å². The van der Waals surface area contributed by atoms with Gasteiger partial charge in [0.1, 0.15) is 5.82 Å². The van der Waals surface area contributed by atoms with Crippen LogP contribution in [0.5, 0.6) is 0 Å². The number of hydrogen-bond donors (Lipinski definition) is 1. The summed E-state index contributed by atoms with van der Waals surface area (Å²) in [6.45, 7) is 0. The van der Waals surface area contributed by atoms with Gasteiger partial charge in [0, 0.05) is 22.4 Å². The van der Waals surface area contributed by atoms with Gasteiger partial charge < -0.3 is 5.73 Å². The van der Waals surface area contributed by atoms with E-state index < -0.39 is 0 Å². The van der Waals surface area contributed by atoms with Crippen molar-refractivity contribution in [3.63, 3.8) is 0 Å². The minimum atomic E-state index is 0.603. The molecular weight excluding hydrogens is 272 g/mol. The molecule has 1 rings (SSSR count). The van der Waals surface area contributed by atoms with Crippen LogP contribution in [0.3, 0.4) is 0 Å². The summed E-state index contributed by atoms with van der Waals surface area (Å²) in [4.78, 5) is 4.04. The Kier molecular flexibility index (Phi) is 3.33. The summed E-state index contributed by atoms with van der Waals surface area (Å²) in [6, 6.07) is 2.03. The van der Waals surface area contributed by atoms with Crippen molar-refractivity contribution in [3.8, 4) is 0 Å². The van der Waals surface area contributed by atoms with Gasteiger partial charge in [-0.05, 0) is 11.6 Å². The van der Waals surface area contributed by atoms with Crippen molar-refractivity contribution in [2.75, 3.05) is 5.73 Å². The van der Waals surface area contributed by atoms with Crippen molar-refractivity contribution in [1.82, 2.24) is 4.98 Å². The van der Waals surface area contributed by atoms with Gasteiger partial charge in [-0.15, -0.1) is 0 Å². The molecule has 0 spiro atoms. The quantitative estimate of drug-likeness (QED) is 0.845. The van der Waals surface area contributed by atoms with E-state index in [9.17, 15) is 0 Å². The molecule has 60 valence electrons. The van der Waals surface area contributed by atoms with Crippen LogP contribution in [-0.2, 0) is 10.7 Å².